The monoisotopic (exact) mass is 242 g/mol. The van der Waals surface area contributed by atoms with Crippen LogP contribution in [0.5, 0.6) is 0 Å². The molecule has 0 aliphatic rings. The van der Waals surface area contributed by atoms with E-state index >= 15 is 0 Å². The fourth-order valence-electron chi connectivity index (χ4n) is 1.56. The van der Waals surface area contributed by atoms with E-state index in [1.165, 1.54) is 0 Å². The topological polar surface area (TPSA) is 78.3 Å². The van der Waals surface area contributed by atoms with E-state index in [0.29, 0.717) is 11.3 Å². The number of para-hydroxylation sites is 1. The van der Waals surface area contributed by atoms with Gasteiger partial charge in [0.15, 0.2) is 0 Å². The van der Waals surface area contributed by atoms with E-state index < -0.39 is 5.97 Å². The summed E-state index contributed by atoms with van der Waals surface area (Å²) < 4.78 is 5.18. The van der Waals surface area contributed by atoms with Crippen molar-refractivity contribution in [3.8, 4) is 0 Å². The van der Waals surface area contributed by atoms with Crippen LogP contribution in [0.2, 0.25) is 0 Å². The van der Waals surface area contributed by atoms with Crippen LogP contribution in [0.1, 0.15) is 15.9 Å². The molecule has 0 unspecified atom stereocenters. The fraction of sp³-hybridized carbons (Fsp3) is 0.0714. The van der Waals surface area contributed by atoms with Crippen molar-refractivity contribution in [3.05, 3.63) is 59.7 Å². The molecular formula is C14H14N2O2. The second-order valence-corrected chi connectivity index (χ2v) is 3.87. The van der Waals surface area contributed by atoms with Crippen LogP contribution in [0, 0.1) is 0 Å². The van der Waals surface area contributed by atoms with Crippen LogP contribution in [0.25, 0.3) is 0 Å². The molecular weight excluding hydrogens is 228 g/mol. The maximum Gasteiger partial charge on any atom is 0.340 e. The van der Waals surface area contributed by atoms with Gasteiger partial charge < -0.3 is 16.2 Å². The molecule has 0 aliphatic carbocycles. The van der Waals surface area contributed by atoms with Gasteiger partial charge in [-0.05, 0) is 17.7 Å². The molecule has 92 valence electrons. The summed E-state index contributed by atoms with van der Waals surface area (Å²) in [5.74, 6) is -0.469. The number of ether oxygens (including phenoxy) is 1. The van der Waals surface area contributed by atoms with Crippen molar-refractivity contribution >= 4 is 17.3 Å². The average molecular weight is 242 g/mol. The zero-order valence-electron chi connectivity index (χ0n) is 9.80. The fourth-order valence-corrected chi connectivity index (χ4v) is 1.56. The highest BCUT2D eigenvalue weighted by molar-refractivity contribution is 5.97. The molecule has 0 saturated carbocycles. The molecule has 2 rings (SSSR count). The molecule has 0 heterocycles. The first-order chi connectivity index (χ1) is 8.68. The lowest BCUT2D eigenvalue weighted by Crippen LogP contribution is -2.09. The third-order valence-corrected chi connectivity index (χ3v) is 2.57. The number of carbonyl (C=O) groups excluding carboxylic acids is 1. The molecule has 4 N–H and O–H groups in total. The number of esters is 1. The molecule has 0 amide bonds. The largest absolute Gasteiger partial charge is 0.457 e. The summed E-state index contributed by atoms with van der Waals surface area (Å²) in [7, 11) is 0. The Kier molecular flexibility index (Phi) is 3.48. The summed E-state index contributed by atoms with van der Waals surface area (Å²) in [6.07, 6.45) is 0. The number of benzene rings is 2. The smallest absolute Gasteiger partial charge is 0.340 e. The van der Waals surface area contributed by atoms with Gasteiger partial charge in [0, 0.05) is 0 Å². The number of anilines is 2. The van der Waals surface area contributed by atoms with E-state index in [9.17, 15) is 4.79 Å². The van der Waals surface area contributed by atoms with E-state index in [1.807, 2.05) is 30.3 Å². The van der Waals surface area contributed by atoms with Gasteiger partial charge in [0.1, 0.15) is 6.61 Å². The third kappa shape index (κ3) is 2.60. The summed E-state index contributed by atoms with van der Waals surface area (Å²) >= 11 is 0. The molecule has 0 radical (unpaired) electrons. The Bertz CT molecular complexity index is 553. The van der Waals surface area contributed by atoms with Crippen LogP contribution in [-0.2, 0) is 11.3 Å². The second-order valence-electron chi connectivity index (χ2n) is 3.87. The summed E-state index contributed by atoms with van der Waals surface area (Å²) in [4.78, 5) is 11.8. The van der Waals surface area contributed by atoms with Gasteiger partial charge in [-0.3, -0.25) is 0 Å². The van der Waals surface area contributed by atoms with Crippen LogP contribution in [-0.4, -0.2) is 5.97 Å². The number of nitrogens with two attached hydrogens (primary N) is 2. The Morgan fingerprint density at radius 1 is 1.00 bits per heavy atom. The highest BCUT2D eigenvalue weighted by atomic mass is 16.5. The quantitative estimate of drug-likeness (QED) is 0.639. The molecule has 0 spiro atoms. The van der Waals surface area contributed by atoms with Gasteiger partial charge in [0.25, 0.3) is 0 Å². The zero-order chi connectivity index (χ0) is 13.0. The van der Waals surface area contributed by atoms with Crippen LogP contribution in [0.15, 0.2) is 48.5 Å². The third-order valence-electron chi connectivity index (χ3n) is 2.57. The van der Waals surface area contributed by atoms with E-state index in [2.05, 4.69) is 0 Å². The highest BCUT2D eigenvalue weighted by Crippen LogP contribution is 2.20. The van der Waals surface area contributed by atoms with Gasteiger partial charge in [0.05, 0.1) is 16.9 Å². The maximum absolute atomic E-state index is 11.8. The number of nitrogen functional groups attached to an aromatic ring is 2. The molecule has 4 nitrogen and oxygen atoms in total. The predicted molar refractivity (Wildman–Crippen MR) is 70.8 cm³/mol. The first-order valence-electron chi connectivity index (χ1n) is 5.53. The van der Waals surface area contributed by atoms with Gasteiger partial charge in [-0.2, -0.15) is 0 Å². The van der Waals surface area contributed by atoms with Crippen molar-refractivity contribution in [2.75, 3.05) is 11.5 Å². The van der Waals surface area contributed by atoms with Gasteiger partial charge >= 0.3 is 5.97 Å². The second kappa shape index (κ2) is 5.23. The molecule has 0 bridgehead atoms. The van der Waals surface area contributed by atoms with Crippen molar-refractivity contribution in [1.29, 1.82) is 0 Å². The Morgan fingerprint density at radius 2 is 1.72 bits per heavy atom. The Balaban J connectivity index is 2.07. The Morgan fingerprint density at radius 3 is 2.44 bits per heavy atom. The molecule has 0 fully saturated rings. The molecule has 4 heteroatoms. The lowest BCUT2D eigenvalue weighted by atomic mass is 10.1. The number of hydrogen-bond acceptors (Lipinski definition) is 4. The van der Waals surface area contributed by atoms with Gasteiger partial charge in [-0.1, -0.05) is 36.4 Å². The summed E-state index contributed by atoms with van der Waals surface area (Å²) in [5.41, 5.74) is 13.2. The molecule has 18 heavy (non-hydrogen) atoms. The van der Waals surface area contributed by atoms with E-state index in [1.54, 1.807) is 18.2 Å². The lowest BCUT2D eigenvalue weighted by molar-refractivity contribution is 0.0474. The van der Waals surface area contributed by atoms with Gasteiger partial charge in [-0.15, -0.1) is 0 Å². The highest BCUT2D eigenvalue weighted by Gasteiger charge is 2.12. The normalized spacial score (nSPS) is 10.0. The van der Waals surface area contributed by atoms with Crippen molar-refractivity contribution < 1.29 is 9.53 Å². The molecule has 0 saturated heterocycles. The zero-order valence-corrected chi connectivity index (χ0v) is 9.80. The van der Waals surface area contributed by atoms with E-state index in [-0.39, 0.29) is 12.3 Å². The van der Waals surface area contributed by atoms with Gasteiger partial charge in [-0.25, -0.2) is 4.79 Å². The van der Waals surface area contributed by atoms with Crippen LogP contribution in [0.3, 0.4) is 0 Å². The average Bonchev–Trinajstić information content (AvgIpc) is 2.40. The first kappa shape index (κ1) is 12.0. The molecule has 0 aromatic heterocycles. The standard InChI is InChI=1S/C14H14N2O2/c15-12-8-4-7-11(13(12)16)14(17)18-9-10-5-2-1-3-6-10/h1-8H,9,15-16H2. The van der Waals surface area contributed by atoms with Crippen LogP contribution < -0.4 is 11.5 Å². The molecule has 0 aliphatic heterocycles. The minimum Gasteiger partial charge on any atom is -0.457 e. The maximum atomic E-state index is 11.8. The van der Waals surface area contributed by atoms with E-state index in [0.717, 1.165) is 5.56 Å². The van der Waals surface area contributed by atoms with Crippen molar-refractivity contribution in [3.63, 3.8) is 0 Å². The minimum absolute atomic E-state index is 0.216. The van der Waals surface area contributed by atoms with Gasteiger partial charge in [0.2, 0.25) is 0 Å². The molecule has 2 aromatic carbocycles. The summed E-state index contributed by atoms with van der Waals surface area (Å²) in [6.45, 7) is 0.216. The summed E-state index contributed by atoms with van der Waals surface area (Å²) in [5, 5.41) is 0. The predicted octanol–water partition coefficient (Wildman–Crippen LogP) is 2.21. The lowest BCUT2D eigenvalue weighted by Gasteiger charge is -2.08. The minimum atomic E-state index is -0.469. The van der Waals surface area contributed by atoms with Crippen molar-refractivity contribution in [1.82, 2.24) is 0 Å². The van der Waals surface area contributed by atoms with Crippen LogP contribution in [0.4, 0.5) is 11.4 Å². The Labute approximate surface area is 105 Å². The Hall–Kier alpha value is -2.49. The van der Waals surface area contributed by atoms with Crippen molar-refractivity contribution in [2.45, 2.75) is 6.61 Å². The first-order valence-corrected chi connectivity index (χ1v) is 5.53. The summed E-state index contributed by atoms with van der Waals surface area (Å²) in [6, 6.07) is 14.4. The molecule has 2 aromatic rings. The number of hydrogen-bond donors (Lipinski definition) is 2. The number of carbonyl (C=O) groups is 1. The van der Waals surface area contributed by atoms with Crippen molar-refractivity contribution in [2.24, 2.45) is 0 Å². The number of rotatable bonds is 3. The van der Waals surface area contributed by atoms with E-state index in [4.69, 9.17) is 16.2 Å². The SMILES string of the molecule is Nc1cccc(C(=O)OCc2ccccc2)c1N. The van der Waals surface area contributed by atoms with Crippen LogP contribution >= 0.6 is 0 Å². The molecule has 0 atom stereocenters.